The van der Waals surface area contributed by atoms with Gasteiger partial charge in [0.1, 0.15) is 12.4 Å². The van der Waals surface area contributed by atoms with Crippen LogP contribution < -0.4 is 4.74 Å². The second kappa shape index (κ2) is 7.36. The first-order valence-corrected chi connectivity index (χ1v) is 11.0. The summed E-state index contributed by atoms with van der Waals surface area (Å²) in [5, 5.41) is 0. The van der Waals surface area contributed by atoms with Crippen molar-refractivity contribution in [3.05, 3.63) is 106 Å². The standard InChI is InChI=1S/C22H15BBr2F2N2O/c24-20-12-10-18-22(19-11-13-21(25)29(19)23(26,27)28(18)20)16-6-8-17(9-7-16)30-14-15-4-2-1-3-5-15/h1-13H,14H2. The molecule has 8 heteroatoms. The van der Waals surface area contributed by atoms with E-state index in [1.54, 1.807) is 24.3 Å². The maximum Gasteiger partial charge on any atom is 0.738 e. The first-order chi connectivity index (χ1) is 14.5. The molecule has 0 spiro atoms. The quantitative estimate of drug-likeness (QED) is 0.366. The Morgan fingerprint density at radius 2 is 1.63 bits per heavy atom. The molecule has 3 heterocycles. The summed E-state index contributed by atoms with van der Waals surface area (Å²) in [6.07, 6.45) is 3.38. The van der Waals surface area contributed by atoms with E-state index in [2.05, 4.69) is 31.9 Å². The molecule has 3 aromatic rings. The van der Waals surface area contributed by atoms with Gasteiger partial charge in [0.15, 0.2) is 5.70 Å². The minimum absolute atomic E-state index is 0.342. The fraction of sp³-hybridized carbons (Fsp3) is 0.0455. The molecule has 3 nitrogen and oxygen atoms in total. The van der Waals surface area contributed by atoms with Crippen LogP contribution in [0.2, 0.25) is 0 Å². The zero-order valence-corrected chi connectivity index (χ0v) is 18.8. The van der Waals surface area contributed by atoms with E-state index in [9.17, 15) is 0 Å². The van der Waals surface area contributed by atoms with Gasteiger partial charge in [-0.2, -0.15) is 0 Å². The van der Waals surface area contributed by atoms with Crippen molar-refractivity contribution in [2.45, 2.75) is 6.61 Å². The van der Waals surface area contributed by atoms with E-state index in [0.717, 1.165) is 31.4 Å². The lowest BCUT2D eigenvalue weighted by atomic mass is 9.86. The Kier molecular flexibility index (Phi) is 4.78. The maximum atomic E-state index is 15.3. The van der Waals surface area contributed by atoms with Crippen molar-refractivity contribution in [3.63, 3.8) is 0 Å². The number of allylic oxidation sites excluding steroid dienone is 2. The lowest BCUT2D eigenvalue weighted by Crippen LogP contribution is -2.50. The second-order valence-corrected chi connectivity index (χ2v) is 8.71. The number of hydrogen-bond donors (Lipinski definition) is 0. The minimum atomic E-state index is -4.01. The SMILES string of the molecule is F[B-]1(F)n2c(Br)ccc2C(c2ccc(OCc3ccccc3)cc2)=C2C=CC(Br)=[N+]21. The molecule has 0 saturated heterocycles. The van der Waals surface area contributed by atoms with E-state index in [4.69, 9.17) is 4.74 Å². The molecule has 1 aromatic heterocycles. The molecule has 0 N–H and O–H groups in total. The van der Waals surface area contributed by atoms with Crippen LogP contribution in [0.3, 0.4) is 0 Å². The number of fused-ring (bicyclic) bond motifs is 2. The third kappa shape index (κ3) is 3.10. The molecule has 0 unspecified atom stereocenters. The van der Waals surface area contributed by atoms with E-state index < -0.39 is 6.97 Å². The molecule has 0 bridgehead atoms. The summed E-state index contributed by atoms with van der Waals surface area (Å²) in [7, 11) is 0. The summed E-state index contributed by atoms with van der Waals surface area (Å²) in [6, 6.07) is 20.8. The van der Waals surface area contributed by atoms with Crippen LogP contribution in [0, 0.1) is 0 Å². The first-order valence-electron chi connectivity index (χ1n) is 9.37. The fourth-order valence-corrected chi connectivity index (χ4v) is 5.03. The molecule has 5 rings (SSSR count). The van der Waals surface area contributed by atoms with Crippen molar-refractivity contribution in [1.29, 1.82) is 0 Å². The van der Waals surface area contributed by atoms with Gasteiger partial charge >= 0.3 is 6.97 Å². The lowest BCUT2D eigenvalue weighted by molar-refractivity contribution is -0.358. The largest absolute Gasteiger partial charge is 0.738 e. The summed E-state index contributed by atoms with van der Waals surface area (Å²) in [4.78, 5) is 0. The predicted molar refractivity (Wildman–Crippen MR) is 122 cm³/mol. The van der Waals surface area contributed by atoms with Gasteiger partial charge in [-0.1, -0.05) is 42.5 Å². The van der Waals surface area contributed by atoms with Crippen LogP contribution in [0.15, 0.2) is 89.2 Å². The van der Waals surface area contributed by atoms with Gasteiger partial charge in [0.2, 0.25) is 4.62 Å². The van der Waals surface area contributed by atoms with Crippen molar-refractivity contribution in [2.75, 3.05) is 0 Å². The number of aromatic nitrogens is 1. The van der Waals surface area contributed by atoms with Crippen molar-refractivity contribution >= 4 is 49.0 Å². The Bertz CT molecular complexity index is 1230. The molecular formula is C22H15BBr2F2N2O. The van der Waals surface area contributed by atoms with Gasteiger partial charge in [-0.05, 0) is 51.3 Å². The third-order valence-electron chi connectivity index (χ3n) is 5.26. The van der Waals surface area contributed by atoms with Crippen LogP contribution in [0.5, 0.6) is 5.75 Å². The topological polar surface area (TPSA) is 17.2 Å². The Morgan fingerprint density at radius 1 is 0.900 bits per heavy atom. The number of nitrogens with zero attached hydrogens (tertiary/aromatic N) is 2. The summed E-state index contributed by atoms with van der Waals surface area (Å²) in [6.45, 7) is -3.54. The highest BCUT2D eigenvalue weighted by Gasteiger charge is 2.54. The molecule has 0 atom stereocenters. The third-order valence-corrected chi connectivity index (χ3v) is 6.55. The normalized spacial score (nSPS) is 16.7. The van der Waals surface area contributed by atoms with E-state index >= 15 is 8.63 Å². The zero-order valence-electron chi connectivity index (χ0n) is 15.6. The van der Waals surface area contributed by atoms with Crippen LogP contribution in [-0.2, 0) is 6.61 Å². The van der Waals surface area contributed by atoms with Gasteiger partial charge in [0.25, 0.3) is 0 Å². The van der Waals surface area contributed by atoms with Gasteiger partial charge in [-0.25, -0.2) is 0 Å². The molecule has 30 heavy (non-hydrogen) atoms. The van der Waals surface area contributed by atoms with E-state index in [1.165, 1.54) is 0 Å². The fourth-order valence-electron chi connectivity index (χ4n) is 3.89. The monoisotopic (exact) mass is 530 g/mol. The van der Waals surface area contributed by atoms with Gasteiger partial charge in [-0.3, -0.25) is 0 Å². The van der Waals surface area contributed by atoms with Crippen LogP contribution in [0.4, 0.5) is 8.63 Å². The van der Waals surface area contributed by atoms with Gasteiger partial charge in [-0.15, -0.1) is 0 Å². The van der Waals surface area contributed by atoms with Crippen LogP contribution in [0.1, 0.15) is 16.8 Å². The highest BCUT2D eigenvalue weighted by molar-refractivity contribution is 9.18. The molecule has 2 aliphatic heterocycles. The molecule has 150 valence electrons. The molecule has 2 aliphatic rings. The Balaban J connectivity index is 1.53. The van der Waals surface area contributed by atoms with Crippen molar-refractivity contribution in [1.82, 2.24) is 4.48 Å². The Hall–Kier alpha value is -2.45. The Labute approximate surface area is 189 Å². The molecule has 0 aliphatic carbocycles. The predicted octanol–water partition coefficient (Wildman–Crippen LogP) is 6.20. The van der Waals surface area contributed by atoms with Gasteiger partial charge < -0.3 is 22.3 Å². The second-order valence-electron chi connectivity index (χ2n) is 7.08. The van der Waals surface area contributed by atoms with Gasteiger partial charge in [0.05, 0.1) is 10.2 Å². The molecule has 0 fully saturated rings. The lowest BCUT2D eigenvalue weighted by Gasteiger charge is -2.32. The molecule has 0 amide bonds. The minimum Gasteiger partial charge on any atom is -0.489 e. The average Bonchev–Trinajstić information content (AvgIpc) is 3.33. The number of rotatable bonds is 4. The zero-order chi connectivity index (χ0) is 20.9. The molecular weight excluding hydrogens is 517 g/mol. The van der Waals surface area contributed by atoms with Crippen molar-refractivity contribution in [3.8, 4) is 5.75 Å². The van der Waals surface area contributed by atoms with E-state index in [-0.39, 0.29) is 0 Å². The molecule has 0 radical (unpaired) electrons. The maximum absolute atomic E-state index is 15.3. The van der Waals surface area contributed by atoms with E-state index in [0.29, 0.717) is 27.2 Å². The number of halogens is 4. The van der Waals surface area contributed by atoms with Crippen LogP contribution in [-0.4, -0.2) is 20.6 Å². The van der Waals surface area contributed by atoms with Crippen LogP contribution >= 0.6 is 31.9 Å². The highest BCUT2D eigenvalue weighted by atomic mass is 79.9. The van der Waals surface area contributed by atoms with Crippen molar-refractivity contribution < 1.29 is 17.9 Å². The molecule has 2 aromatic carbocycles. The number of ether oxygens (including phenoxy) is 1. The van der Waals surface area contributed by atoms with Crippen molar-refractivity contribution in [2.24, 2.45) is 0 Å². The number of benzene rings is 2. The van der Waals surface area contributed by atoms with Gasteiger partial charge in [0, 0.05) is 33.8 Å². The summed E-state index contributed by atoms with van der Waals surface area (Å²) in [5.74, 6) is 0.724. The van der Waals surface area contributed by atoms with Crippen LogP contribution in [0.25, 0.3) is 5.57 Å². The summed E-state index contributed by atoms with van der Waals surface area (Å²) < 4.78 is 39.2. The first kappa shape index (κ1) is 19.5. The Morgan fingerprint density at radius 3 is 2.37 bits per heavy atom. The summed E-state index contributed by atoms with van der Waals surface area (Å²) >= 11 is 6.57. The summed E-state index contributed by atoms with van der Waals surface area (Å²) in [5.41, 5.74) is 3.62. The van der Waals surface area contributed by atoms with E-state index in [1.807, 2.05) is 54.6 Å². The number of hydrogen-bond acceptors (Lipinski definition) is 1. The average molecular weight is 532 g/mol. The molecule has 0 saturated carbocycles. The highest BCUT2D eigenvalue weighted by Crippen LogP contribution is 2.42. The smallest absolute Gasteiger partial charge is 0.489 e.